The minimum Gasteiger partial charge on any atom is -0.389 e. The molecule has 3 nitrogen and oxygen atoms in total. The smallest absolute Gasteiger partial charge is 0.129 e. The number of hydrogen-bond acceptors (Lipinski definition) is 3. The molecule has 0 amide bonds. The van der Waals surface area contributed by atoms with E-state index < -0.39 is 0 Å². The standard InChI is InChI=1S/C14H21N3S/c1-3-14(2)5-8-17(9-6-14)12-10-11(13(15)18)4-7-16-12/h4,7,10H,3,5-6,8-9H2,1-2H3,(H2,15,18). The second-order valence-corrected chi connectivity index (χ2v) is 5.86. The van der Waals surface area contributed by atoms with Gasteiger partial charge in [-0.15, -0.1) is 0 Å². The van der Waals surface area contributed by atoms with Crippen LogP contribution < -0.4 is 10.6 Å². The molecule has 0 atom stereocenters. The van der Waals surface area contributed by atoms with Crippen molar-refractivity contribution < 1.29 is 0 Å². The van der Waals surface area contributed by atoms with Crippen molar-refractivity contribution in [3.8, 4) is 0 Å². The van der Waals surface area contributed by atoms with E-state index in [1.165, 1.54) is 19.3 Å². The van der Waals surface area contributed by atoms with Crippen molar-refractivity contribution in [3.05, 3.63) is 23.9 Å². The molecule has 2 N–H and O–H groups in total. The summed E-state index contributed by atoms with van der Waals surface area (Å²) in [7, 11) is 0. The number of nitrogens with zero attached hydrogens (tertiary/aromatic N) is 2. The van der Waals surface area contributed by atoms with Crippen molar-refractivity contribution in [2.24, 2.45) is 11.1 Å². The lowest BCUT2D eigenvalue weighted by atomic mass is 9.78. The molecule has 1 aromatic heterocycles. The van der Waals surface area contributed by atoms with E-state index in [4.69, 9.17) is 18.0 Å². The van der Waals surface area contributed by atoms with Crippen molar-refractivity contribution >= 4 is 23.0 Å². The molecule has 0 aromatic carbocycles. The van der Waals surface area contributed by atoms with Crippen LogP contribution in [0.5, 0.6) is 0 Å². The number of anilines is 1. The fourth-order valence-corrected chi connectivity index (χ4v) is 2.50. The highest BCUT2D eigenvalue weighted by Gasteiger charge is 2.28. The summed E-state index contributed by atoms with van der Waals surface area (Å²) in [5, 5.41) is 0. The molecule has 0 aliphatic carbocycles. The topological polar surface area (TPSA) is 42.1 Å². The first kappa shape index (κ1) is 13.3. The van der Waals surface area contributed by atoms with Gasteiger partial charge >= 0.3 is 0 Å². The first-order chi connectivity index (χ1) is 8.54. The van der Waals surface area contributed by atoms with E-state index in [0.717, 1.165) is 24.5 Å². The molecule has 1 aliphatic heterocycles. The molecule has 4 heteroatoms. The predicted molar refractivity (Wildman–Crippen MR) is 80.0 cm³/mol. The van der Waals surface area contributed by atoms with E-state index in [-0.39, 0.29) is 0 Å². The molecule has 2 rings (SSSR count). The van der Waals surface area contributed by atoms with Gasteiger partial charge in [0.25, 0.3) is 0 Å². The molecule has 98 valence electrons. The Morgan fingerprint density at radius 2 is 2.17 bits per heavy atom. The van der Waals surface area contributed by atoms with Crippen LogP contribution in [0.15, 0.2) is 18.3 Å². The lowest BCUT2D eigenvalue weighted by Gasteiger charge is -2.39. The van der Waals surface area contributed by atoms with Crippen LogP contribution in [-0.4, -0.2) is 23.1 Å². The normalized spacial score (nSPS) is 18.7. The third-order valence-corrected chi connectivity index (χ3v) is 4.41. The largest absolute Gasteiger partial charge is 0.389 e. The highest BCUT2D eigenvalue weighted by atomic mass is 32.1. The molecule has 0 saturated carbocycles. The van der Waals surface area contributed by atoms with E-state index in [0.29, 0.717) is 10.4 Å². The molecule has 0 bridgehead atoms. The van der Waals surface area contributed by atoms with Gasteiger partial charge in [0.15, 0.2) is 0 Å². The third-order valence-electron chi connectivity index (χ3n) is 4.18. The van der Waals surface area contributed by atoms with Gasteiger partial charge in [-0.1, -0.05) is 32.5 Å². The molecule has 1 saturated heterocycles. The predicted octanol–water partition coefficient (Wildman–Crippen LogP) is 2.73. The summed E-state index contributed by atoms with van der Waals surface area (Å²) < 4.78 is 0. The number of aromatic nitrogens is 1. The fraction of sp³-hybridized carbons (Fsp3) is 0.571. The van der Waals surface area contributed by atoms with Crippen molar-refractivity contribution in [1.29, 1.82) is 0 Å². The number of nitrogens with two attached hydrogens (primary N) is 1. The molecule has 1 aliphatic rings. The minimum atomic E-state index is 0.439. The maximum Gasteiger partial charge on any atom is 0.129 e. The summed E-state index contributed by atoms with van der Waals surface area (Å²) in [6.07, 6.45) is 5.49. The Labute approximate surface area is 114 Å². The Balaban J connectivity index is 2.10. The number of thiocarbonyl (C=S) groups is 1. The zero-order valence-corrected chi connectivity index (χ0v) is 12.0. The van der Waals surface area contributed by atoms with Gasteiger partial charge in [-0.2, -0.15) is 0 Å². The quantitative estimate of drug-likeness (QED) is 0.852. The molecule has 0 spiro atoms. The van der Waals surface area contributed by atoms with Gasteiger partial charge in [-0.3, -0.25) is 0 Å². The molecule has 18 heavy (non-hydrogen) atoms. The van der Waals surface area contributed by atoms with Gasteiger partial charge < -0.3 is 10.6 Å². The molecule has 0 radical (unpaired) electrons. The third kappa shape index (κ3) is 2.80. The number of pyridine rings is 1. The summed E-state index contributed by atoms with van der Waals surface area (Å²) in [5.74, 6) is 0.999. The van der Waals surface area contributed by atoms with Gasteiger partial charge in [0.2, 0.25) is 0 Å². The Hall–Kier alpha value is -1.16. The zero-order chi connectivity index (χ0) is 13.2. The summed E-state index contributed by atoms with van der Waals surface area (Å²) in [4.78, 5) is 7.20. The molecule has 0 unspecified atom stereocenters. The summed E-state index contributed by atoms with van der Waals surface area (Å²) in [6.45, 7) is 6.79. The van der Waals surface area contributed by atoms with Crippen molar-refractivity contribution in [1.82, 2.24) is 4.98 Å². The van der Waals surface area contributed by atoms with Gasteiger partial charge in [-0.25, -0.2) is 4.98 Å². The number of piperidine rings is 1. The molecule has 1 aromatic rings. The summed E-state index contributed by atoms with van der Waals surface area (Å²) in [6, 6.07) is 3.86. The zero-order valence-electron chi connectivity index (χ0n) is 11.1. The Bertz CT molecular complexity index is 436. The summed E-state index contributed by atoms with van der Waals surface area (Å²) in [5.41, 5.74) is 7.06. The van der Waals surface area contributed by atoms with Crippen LogP contribution in [0.3, 0.4) is 0 Å². The molecule has 1 fully saturated rings. The fourth-order valence-electron chi connectivity index (χ4n) is 2.37. The number of rotatable bonds is 3. The first-order valence-corrected chi connectivity index (χ1v) is 6.96. The van der Waals surface area contributed by atoms with Gasteiger partial charge in [0, 0.05) is 24.8 Å². The molecule has 2 heterocycles. The maximum atomic E-state index is 5.66. The lowest BCUT2D eigenvalue weighted by molar-refractivity contribution is 0.238. The van der Waals surface area contributed by atoms with Crippen LogP contribution in [0.2, 0.25) is 0 Å². The van der Waals surface area contributed by atoms with Crippen LogP contribution >= 0.6 is 12.2 Å². The minimum absolute atomic E-state index is 0.439. The lowest BCUT2D eigenvalue weighted by Crippen LogP contribution is -2.38. The maximum absolute atomic E-state index is 5.66. The van der Waals surface area contributed by atoms with E-state index in [2.05, 4.69) is 23.7 Å². The molecular weight excluding hydrogens is 242 g/mol. The van der Waals surface area contributed by atoms with Crippen LogP contribution in [-0.2, 0) is 0 Å². The van der Waals surface area contributed by atoms with Gasteiger partial charge in [0.1, 0.15) is 10.8 Å². The first-order valence-electron chi connectivity index (χ1n) is 6.55. The second kappa shape index (κ2) is 5.22. The monoisotopic (exact) mass is 263 g/mol. The highest BCUT2D eigenvalue weighted by Crippen LogP contribution is 2.35. The van der Waals surface area contributed by atoms with Crippen molar-refractivity contribution in [2.75, 3.05) is 18.0 Å². The average Bonchev–Trinajstić information content (AvgIpc) is 2.40. The SMILES string of the molecule is CCC1(C)CCN(c2cc(C(N)=S)ccn2)CC1. The van der Waals surface area contributed by atoms with Crippen LogP contribution in [0.1, 0.15) is 38.7 Å². The van der Waals surface area contributed by atoms with E-state index in [1.807, 2.05) is 12.1 Å². The Morgan fingerprint density at radius 1 is 1.50 bits per heavy atom. The second-order valence-electron chi connectivity index (χ2n) is 5.42. The van der Waals surface area contributed by atoms with Crippen LogP contribution in [0.25, 0.3) is 0 Å². The van der Waals surface area contributed by atoms with Gasteiger partial charge in [-0.05, 0) is 30.4 Å². The van der Waals surface area contributed by atoms with Crippen molar-refractivity contribution in [3.63, 3.8) is 0 Å². The highest BCUT2D eigenvalue weighted by molar-refractivity contribution is 7.80. The van der Waals surface area contributed by atoms with E-state index in [1.54, 1.807) is 6.20 Å². The van der Waals surface area contributed by atoms with Gasteiger partial charge in [0.05, 0.1) is 0 Å². The van der Waals surface area contributed by atoms with E-state index in [9.17, 15) is 0 Å². The van der Waals surface area contributed by atoms with Crippen LogP contribution in [0, 0.1) is 5.41 Å². The number of hydrogen-bond donors (Lipinski definition) is 1. The summed E-state index contributed by atoms with van der Waals surface area (Å²) >= 11 is 5.01. The van der Waals surface area contributed by atoms with E-state index >= 15 is 0 Å². The van der Waals surface area contributed by atoms with Crippen molar-refractivity contribution in [2.45, 2.75) is 33.1 Å². The Kier molecular flexibility index (Phi) is 3.85. The Morgan fingerprint density at radius 3 is 2.72 bits per heavy atom. The molecular formula is C14H21N3S. The average molecular weight is 263 g/mol. The van der Waals surface area contributed by atoms with Crippen LogP contribution in [0.4, 0.5) is 5.82 Å².